The molecule has 5 radical (unpaired) electrons. The zero-order chi connectivity index (χ0) is 24.6. The largest absolute Gasteiger partial charge is 0.363 e. The van der Waals surface area contributed by atoms with Crippen molar-refractivity contribution in [1.29, 1.82) is 0 Å². The Hall–Kier alpha value is -3.81. The summed E-state index contributed by atoms with van der Waals surface area (Å²) < 4.78 is 1.60. The third-order valence-electron chi connectivity index (χ3n) is 6.30. The molecule has 2 amide bonds. The lowest BCUT2D eigenvalue weighted by atomic mass is 9.89. The average molecular weight is 501 g/mol. The van der Waals surface area contributed by atoms with E-state index in [0.717, 1.165) is 36.9 Å². The molecule has 2 aromatic heterocycles. The van der Waals surface area contributed by atoms with Gasteiger partial charge in [0.15, 0.2) is 5.82 Å². The molecule has 1 aromatic carbocycles. The van der Waals surface area contributed by atoms with E-state index in [1.165, 1.54) is 25.2 Å². The summed E-state index contributed by atoms with van der Waals surface area (Å²) in [5.74, 6) is -0.785. The van der Waals surface area contributed by atoms with Crippen LogP contribution in [0.25, 0.3) is 5.82 Å². The molecule has 1 unspecified atom stereocenters. The molecule has 1 aliphatic rings. The maximum atomic E-state index is 13.3. The number of carbonyl (C=O) groups is 3. The predicted molar refractivity (Wildman–Crippen MR) is 142 cm³/mol. The molecule has 193 valence electrons. The van der Waals surface area contributed by atoms with E-state index in [-0.39, 0.29) is 26.8 Å². The van der Waals surface area contributed by atoms with E-state index in [0.29, 0.717) is 5.82 Å². The summed E-state index contributed by atoms with van der Waals surface area (Å²) in [6, 6.07) is 13.3. The standard InChI is InChI=1S/C27H30N5O3.2CH2/c28-25(34)24(33)23(18-19-10-5-4-6-11-19)30-27(35)21-14-9-16-29-26(21)32-17-15-22(31-32)20-12-7-2-1-3-8-13-20;;/h4-6,9-11,14-17,23H,1-3,7-8,12-13,18H2,(H2,28,34)(H,30,35);2*1H2. The summed E-state index contributed by atoms with van der Waals surface area (Å²) in [6.07, 6.45) is 11.7. The first kappa shape index (κ1) is 29.4. The molecule has 8 nitrogen and oxygen atoms in total. The Morgan fingerprint density at radius 1 is 0.919 bits per heavy atom. The fourth-order valence-electron chi connectivity index (χ4n) is 4.44. The third kappa shape index (κ3) is 7.59. The SMILES string of the molecule is NC(=O)C(=O)C(Cc1ccccc1)NC(=O)c1cccnc1-n1ccc([C]2CCCCCCC2)n1.[CH2].[CH2]. The lowest BCUT2D eigenvalue weighted by molar-refractivity contribution is -0.137. The van der Waals surface area contributed by atoms with E-state index in [9.17, 15) is 14.4 Å². The Kier molecular flexibility index (Phi) is 11.2. The second kappa shape index (κ2) is 14.1. The van der Waals surface area contributed by atoms with Gasteiger partial charge in [0.2, 0.25) is 5.78 Å². The second-order valence-electron chi connectivity index (χ2n) is 8.84. The summed E-state index contributed by atoms with van der Waals surface area (Å²) >= 11 is 0. The number of nitrogens with zero attached hydrogens (tertiary/aromatic N) is 3. The molecule has 0 aliphatic heterocycles. The molecular formula is C29H34N5O3. The third-order valence-corrected chi connectivity index (χ3v) is 6.30. The minimum atomic E-state index is -1.09. The van der Waals surface area contributed by atoms with Gasteiger partial charge >= 0.3 is 0 Å². The van der Waals surface area contributed by atoms with Crippen LogP contribution in [-0.2, 0) is 16.0 Å². The molecule has 37 heavy (non-hydrogen) atoms. The van der Waals surface area contributed by atoms with Crippen LogP contribution in [0.1, 0.15) is 66.6 Å². The lowest BCUT2D eigenvalue weighted by Crippen LogP contribution is -2.47. The van der Waals surface area contributed by atoms with Gasteiger partial charge in [-0.05, 0) is 36.6 Å². The Morgan fingerprint density at radius 3 is 2.27 bits per heavy atom. The zero-order valence-electron chi connectivity index (χ0n) is 21.1. The van der Waals surface area contributed by atoms with Gasteiger partial charge in [-0.15, -0.1) is 0 Å². The minimum absolute atomic E-state index is 0. The van der Waals surface area contributed by atoms with Crippen molar-refractivity contribution >= 4 is 17.6 Å². The van der Waals surface area contributed by atoms with Crippen LogP contribution in [0.5, 0.6) is 0 Å². The Bertz CT molecular complexity index is 1170. The molecule has 1 atom stereocenters. The van der Waals surface area contributed by atoms with Gasteiger partial charge < -0.3 is 11.1 Å². The number of hydrogen-bond donors (Lipinski definition) is 2. The average Bonchev–Trinajstić information content (AvgIpc) is 3.33. The van der Waals surface area contributed by atoms with Gasteiger partial charge in [0.1, 0.15) is 6.04 Å². The number of aromatic nitrogens is 3. The first-order valence-corrected chi connectivity index (χ1v) is 12.1. The van der Waals surface area contributed by atoms with Crippen LogP contribution >= 0.6 is 0 Å². The highest BCUT2D eigenvalue weighted by Gasteiger charge is 2.27. The van der Waals surface area contributed by atoms with Gasteiger partial charge in [-0.2, -0.15) is 5.10 Å². The topological polar surface area (TPSA) is 120 Å². The monoisotopic (exact) mass is 500 g/mol. The molecule has 3 N–H and O–H groups in total. The van der Waals surface area contributed by atoms with E-state index < -0.39 is 23.6 Å². The number of benzene rings is 1. The van der Waals surface area contributed by atoms with Gasteiger partial charge in [0, 0.05) is 24.7 Å². The van der Waals surface area contributed by atoms with Crippen LogP contribution in [0.2, 0.25) is 0 Å². The first-order valence-electron chi connectivity index (χ1n) is 12.1. The maximum absolute atomic E-state index is 13.3. The van der Waals surface area contributed by atoms with Gasteiger partial charge in [-0.1, -0.05) is 77.3 Å². The van der Waals surface area contributed by atoms with E-state index >= 15 is 0 Å². The Balaban J connectivity index is 0.00000241. The van der Waals surface area contributed by atoms with Gasteiger partial charge in [0.05, 0.1) is 11.3 Å². The van der Waals surface area contributed by atoms with Crippen molar-refractivity contribution in [2.24, 2.45) is 5.73 Å². The lowest BCUT2D eigenvalue weighted by Gasteiger charge is -2.18. The predicted octanol–water partition coefficient (Wildman–Crippen LogP) is 3.98. The smallest absolute Gasteiger partial charge is 0.287 e. The number of hydrogen-bond acceptors (Lipinski definition) is 5. The molecule has 3 aromatic rings. The van der Waals surface area contributed by atoms with Crippen LogP contribution < -0.4 is 11.1 Å². The molecule has 8 heteroatoms. The summed E-state index contributed by atoms with van der Waals surface area (Å²) in [6.45, 7) is 0. The minimum Gasteiger partial charge on any atom is -0.363 e. The van der Waals surface area contributed by atoms with Crippen molar-refractivity contribution in [3.8, 4) is 5.82 Å². The zero-order valence-corrected chi connectivity index (χ0v) is 21.1. The van der Waals surface area contributed by atoms with Crippen LogP contribution in [0, 0.1) is 20.8 Å². The molecule has 2 heterocycles. The van der Waals surface area contributed by atoms with E-state index in [2.05, 4.69) is 10.3 Å². The number of carbonyl (C=O) groups excluding carboxylic acids is 3. The normalized spacial score (nSPS) is 14.7. The molecule has 1 fully saturated rings. The van der Waals surface area contributed by atoms with Crippen molar-refractivity contribution in [2.75, 3.05) is 0 Å². The quantitative estimate of drug-likeness (QED) is 0.453. The Labute approximate surface area is 219 Å². The molecule has 1 aliphatic carbocycles. The summed E-state index contributed by atoms with van der Waals surface area (Å²) in [4.78, 5) is 41.7. The van der Waals surface area contributed by atoms with Crippen molar-refractivity contribution in [1.82, 2.24) is 20.1 Å². The summed E-state index contributed by atoms with van der Waals surface area (Å²) in [5.41, 5.74) is 7.23. The van der Waals surface area contributed by atoms with Crippen molar-refractivity contribution in [3.63, 3.8) is 0 Å². The number of nitrogens with two attached hydrogens (primary N) is 1. The molecule has 0 bridgehead atoms. The number of Topliss-reactive ketones (excluding diaryl/α,β-unsaturated/α-hetero) is 1. The van der Waals surface area contributed by atoms with E-state index in [4.69, 9.17) is 10.8 Å². The fraction of sp³-hybridized carbons (Fsp3) is 0.310. The van der Waals surface area contributed by atoms with Crippen molar-refractivity contribution in [2.45, 2.75) is 57.4 Å². The molecule has 1 saturated carbocycles. The van der Waals surface area contributed by atoms with Crippen molar-refractivity contribution in [3.05, 3.63) is 98.5 Å². The van der Waals surface area contributed by atoms with Crippen molar-refractivity contribution < 1.29 is 14.4 Å². The van der Waals surface area contributed by atoms with Gasteiger partial charge in [-0.25, -0.2) is 9.67 Å². The Morgan fingerprint density at radius 2 is 1.59 bits per heavy atom. The molecule has 0 saturated heterocycles. The van der Waals surface area contributed by atoms with E-state index in [1.54, 1.807) is 29.2 Å². The van der Waals surface area contributed by atoms with Crippen LogP contribution in [-0.4, -0.2) is 38.4 Å². The maximum Gasteiger partial charge on any atom is 0.287 e. The number of rotatable bonds is 8. The second-order valence-corrected chi connectivity index (χ2v) is 8.84. The van der Waals surface area contributed by atoms with Crippen LogP contribution in [0.15, 0.2) is 60.9 Å². The number of pyridine rings is 1. The highest BCUT2D eigenvalue weighted by atomic mass is 16.2. The summed E-state index contributed by atoms with van der Waals surface area (Å²) in [7, 11) is 0. The number of amides is 2. The fourth-order valence-corrected chi connectivity index (χ4v) is 4.44. The highest BCUT2D eigenvalue weighted by Crippen LogP contribution is 2.29. The first-order chi connectivity index (χ1) is 17.0. The van der Waals surface area contributed by atoms with Gasteiger partial charge in [0.25, 0.3) is 11.8 Å². The number of ketones is 1. The number of primary amides is 1. The highest BCUT2D eigenvalue weighted by molar-refractivity contribution is 6.38. The number of nitrogens with one attached hydrogen (secondary N) is 1. The molecular weight excluding hydrogens is 466 g/mol. The van der Waals surface area contributed by atoms with Crippen LogP contribution in [0.4, 0.5) is 0 Å². The molecule has 0 spiro atoms. The van der Waals surface area contributed by atoms with Gasteiger partial charge in [-0.3, -0.25) is 14.4 Å². The molecule has 4 rings (SSSR count). The van der Waals surface area contributed by atoms with E-state index in [1.807, 2.05) is 36.4 Å². The summed E-state index contributed by atoms with van der Waals surface area (Å²) in [5, 5.41) is 7.41. The van der Waals surface area contributed by atoms with Crippen LogP contribution in [0.3, 0.4) is 0 Å².